The number of nitrogens with one attached hydrogen (secondary N) is 1. The fourth-order valence-corrected chi connectivity index (χ4v) is 4.32. The molecule has 2 aliphatic rings. The number of ether oxygens (including phenoxy) is 4. The van der Waals surface area contributed by atoms with Gasteiger partial charge in [-0.2, -0.15) is 0 Å². The fourth-order valence-electron chi connectivity index (χ4n) is 4.32. The Hall–Kier alpha value is -4.84. The molecule has 0 spiro atoms. The fraction of sp³-hybridized carbons (Fsp3) is 0.259. The molecular weight excluding hydrogens is 508 g/mol. The number of Topliss-reactive ketones (excluding diaryl/α,β-unsaturated/α-hetero) is 1. The summed E-state index contributed by atoms with van der Waals surface area (Å²) in [5.74, 6) is -2.02. The summed E-state index contributed by atoms with van der Waals surface area (Å²) >= 11 is 0. The number of nitrogens with zero attached hydrogens (tertiary/aromatic N) is 3. The molecule has 39 heavy (non-hydrogen) atoms. The molecule has 12 nitrogen and oxygen atoms in total. The van der Waals surface area contributed by atoms with Crippen LogP contribution in [0.25, 0.3) is 0 Å². The van der Waals surface area contributed by atoms with Crippen molar-refractivity contribution < 1.29 is 38.1 Å². The van der Waals surface area contributed by atoms with Gasteiger partial charge in [-0.15, -0.1) is 0 Å². The number of hydrogen-bond acceptors (Lipinski definition) is 11. The lowest BCUT2D eigenvalue weighted by Crippen LogP contribution is -2.41. The van der Waals surface area contributed by atoms with Gasteiger partial charge in [-0.05, 0) is 24.3 Å². The molecule has 12 heteroatoms. The normalized spacial score (nSPS) is 21.8. The summed E-state index contributed by atoms with van der Waals surface area (Å²) in [5.41, 5.74) is 0.709. The van der Waals surface area contributed by atoms with Crippen LogP contribution in [0.2, 0.25) is 0 Å². The molecule has 0 radical (unpaired) electrons. The number of rotatable bonds is 7. The molecule has 0 saturated carbocycles. The van der Waals surface area contributed by atoms with Gasteiger partial charge in [-0.3, -0.25) is 19.1 Å². The summed E-state index contributed by atoms with van der Waals surface area (Å²) in [6.07, 6.45) is -1.78. The third-order valence-electron chi connectivity index (χ3n) is 6.09. The first kappa shape index (κ1) is 25.8. The number of fused-ring (bicyclic) bond motifs is 1. The van der Waals surface area contributed by atoms with Crippen molar-refractivity contribution in [2.75, 3.05) is 18.5 Å². The summed E-state index contributed by atoms with van der Waals surface area (Å²) in [6, 6.07) is 16.6. The number of aromatic nitrogens is 2. The second kappa shape index (κ2) is 11.3. The highest BCUT2D eigenvalue weighted by Gasteiger charge is 2.51. The van der Waals surface area contributed by atoms with Crippen molar-refractivity contribution >= 4 is 35.8 Å². The van der Waals surface area contributed by atoms with E-state index in [-0.39, 0.29) is 36.0 Å². The van der Waals surface area contributed by atoms with Gasteiger partial charge in [-0.1, -0.05) is 36.4 Å². The minimum absolute atomic E-state index is 0.0920. The molecule has 0 unspecified atom stereocenters. The molecule has 4 atom stereocenters. The third kappa shape index (κ3) is 5.55. The van der Waals surface area contributed by atoms with Crippen LogP contribution in [-0.2, 0) is 23.7 Å². The van der Waals surface area contributed by atoms with Gasteiger partial charge in [0.05, 0.1) is 23.8 Å². The highest BCUT2D eigenvalue weighted by atomic mass is 16.7. The number of benzene rings is 2. The van der Waals surface area contributed by atoms with Crippen molar-refractivity contribution in [1.82, 2.24) is 9.55 Å². The van der Waals surface area contributed by atoms with E-state index in [2.05, 4.69) is 15.3 Å². The van der Waals surface area contributed by atoms with Gasteiger partial charge in [0.15, 0.2) is 24.1 Å². The van der Waals surface area contributed by atoms with E-state index >= 15 is 0 Å². The van der Waals surface area contributed by atoms with E-state index in [4.69, 9.17) is 18.9 Å². The maximum absolute atomic E-state index is 13.0. The average molecular weight is 533 g/mol. The number of imidazole rings is 1. The first-order valence-electron chi connectivity index (χ1n) is 12.1. The van der Waals surface area contributed by atoms with Crippen molar-refractivity contribution in [3.8, 4) is 0 Å². The van der Waals surface area contributed by atoms with Crippen LogP contribution in [0.1, 0.15) is 44.4 Å². The smallest absolute Gasteiger partial charge is 0.338 e. The SMILES string of the molecule is CC(=O)O[C@@H]1[C@@H](OC(=O)c2ccccc2)[C@@H](COC(=O)c2ccccc2)O[C@H]1n1cnc2c1NC=NCC2=O. The van der Waals surface area contributed by atoms with Gasteiger partial charge in [0.2, 0.25) is 5.78 Å². The first-order chi connectivity index (χ1) is 18.9. The molecule has 3 aromatic rings. The average Bonchev–Trinajstić information content (AvgIpc) is 3.45. The van der Waals surface area contributed by atoms with Gasteiger partial charge >= 0.3 is 17.9 Å². The van der Waals surface area contributed by atoms with E-state index < -0.39 is 42.4 Å². The van der Waals surface area contributed by atoms with E-state index in [0.29, 0.717) is 5.56 Å². The summed E-state index contributed by atoms with van der Waals surface area (Å²) < 4.78 is 24.5. The lowest BCUT2D eigenvalue weighted by Gasteiger charge is -2.25. The molecule has 0 amide bonds. The second-order valence-electron chi connectivity index (χ2n) is 8.73. The monoisotopic (exact) mass is 532 g/mol. The maximum Gasteiger partial charge on any atom is 0.338 e. The van der Waals surface area contributed by atoms with E-state index in [1.807, 2.05) is 0 Å². The molecule has 0 bridgehead atoms. The maximum atomic E-state index is 13.0. The first-order valence-corrected chi connectivity index (χ1v) is 12.1. The Morgan fingerprint density at radius 1 is 0.974 bits per heavy atom. The summed E-state index contributed by atoms with van der Waals surface area (Å²) in [7, 11) is 0. The molecule has 1 aromatic heterocycles. The zero-order valence-corrected chi connectivity index (χ0v) is 20.8. The third-order valence-corrected chi connectivity index (χ3v) is 6.09. The summed E-state index contributed by atoms with van der Waals surface area (Å²) in [4.78, 5) is 58.4. The summed E-state index contributed by atoms with van der Waals surface area (Å²) in [6.45, 7) is 0.795. The Balaban J connectivity index is 1.47. The highest BCUT2D eigenvalue weighted by molar-refractivity contribution is 6.04. The largest absolute Gasteiger partial charge is 0.459 e. The Morgan fingerprint density at radius 2 is 1.64 bits per heavy atom. The van der Waals surface area contributed by atoms with Crippen molar-refractivity contribution in [3.63, 3.8) is 0 Å². The molecule has 1 N–H and O–H groups in total. The zero-order valence-electron chi connectivity index (χ0n) is 20.8. The topological polar surface area (TPSA) is 147 Å². The van der Waals surface area contributed by atoms with E-state index in [1.54, 1.807) is 60.7 Å². The Bertz CT molecular complexity index is 1410. The van der Waals surface area contributed by atoms with Crippen molar-refractivity contribution in [2.24, 2.45) is 4.99 Å². The van der Waals surface area contributed by atoms with Gasteiger partial charge in [0, 0.05) is 6.92 Å². The van der Waals surface area contributed by atoms with Crippen molar-refractivity contribution in [1.29, 1.82) is 0 Å². The number of carbonyl (C=O) groups excluding carboxylic acids is 4. The molecule has 200 valence electrons. The Labute approximate surface area is 222 Å². The van der Waals surface area contributed by atoms with Crippen LogP contribution < -0.4 is 5.32 Å². The van der Waals surface area contributed by atoms with Gasteiger partial charge in [0.25, 0.3) is 0 Å². The van der Waals surface area contributed by atoms with Gasteiger partial charge < -0.3 is 24.3 Å². The molecule has 5 rings (SSSR count). The highest BCUT2D eigenvalue weighted by Crippen LogP contribution is 2.37. The predicted molar refractivity (Wildman–Crippen MR) is 135 cm³/mol. The number of esters is 3. The molecule has 2 aliphatic heterocycles. The molecule has 2 aromatic carbocycles. The van der Waals surface area contributed by atoms with Crippen LogP contribution in [-0.4, -0.2) is 71.0 Å². The van der Waals surface area contributed by atoms with Crippen LogP contribution in [0.3, 0.4) is 0 Å². The molecular formula is C27H24N4O8. The minimum Gasteiger partial charge on any atom is -0.459 e. The standard InChI is InChI=1S/C27H24N4O8/c1-16(32)37-23-22(39-27(35)18-10-6-3-7-11-18)20(13-36-26(34)17-8-4-2-5-9-17)38-25(23)31-15-30-21-19(33)12-28-14-29-24(21)31/h2-11,14-15,20,22-23,25H,12-13H2,1H3,(H,28,29)/t20-,22+,23-,25-/m1/s1. The molecule has 1 fully saturated rings. The van der Waals surface area contributed by atoms with Crippen LogP contribution in [0.15, 0.2) is 72.0 Å². The van der Waals surface area contributed by atoms with Crippen molar-refractivity contribution in [2.45, 2.75) is 31.5 Å². The quantitative estimate of drug-likeness (QED) is 0.355. The predicted octanol–water partition coefficient (Wildman–Crippen LogP) is 2.43. The Kier molecular flexibility index (Phi) is 7.46. The number of hydrogen-bond donors (Lipinski definition) is 1. The van der Waals surface area contributed by atoms with Crippen LogP contribution in [0.5, 0.6) is 0 Å². The van der Waals surface area contributed by atoms with Crippen LogP contribution in [0.4, 0.5) is 5.82 Å². The zero-order chi connectivity index (χ0) is 27.4. The lowest BCUT2D eigenvalue weighted by atomic mass is 10.1. The Morgan fingerprint density at radius 3 is 2.31 bits per heavy atom. The molecule has 1 saturated heterocycles. The number of ketones is 1. The molecule has 0 aliphatic carbocycles. The van der Waals surface area contributed by atoms with E-state index in [9.17, 15) is 19.2 Å². The van der Waals surface area contributed by atoms with Crippen LogP contribution >= 0.6 is 0 Å². The molecule has 3 heterocycles. The second-order valence-corrected chi connectivity index (χ2v) is 8.73. The van der Waals surface area contributed by atoms with Crippen LogP contribution in [0, 0.1) is 0 Å². The number of carbonyl (C=O) groups is 4. The lowest BCUT2D eigenvalue weighted by molar-refractivity contribution is -0.156. The number of anilines is 1. The van der Waals surface area contributed by atoms with Gasteiger partial charge in [0.1, 0.15) is 25.1 Å². The number of aliphatic imine (C=N–C) groups is 1. The minimum atomic E-state index is -1.18. The van der Waals surface area contributed by atoms with E-state index in [1.165, 1.54) is 24.2 Å². The van der Waals surface area contributed by atoms with Gasteiger partial charge in [-0.25, -0.2) is 14.6 Å². The summed E-state index contributed by atoms with van der Waals surface area (Å²) in [5, 5.41) is 2.90. The van der Waals surface area contributed by atoms with E-state index in [0.717, 1.165) is 0 Å². The van der Waals surface area contributed by atoms with Crippen molar-refractivity contribution in [3.05, 3.63) is 83.8 Å².